The number of sulfone groups is 1. The van der Waals surface area contributed by atoms with E-state index in [4.69, 9.17) is 0 Å². The van der Waals surface area contributed by atoms with Crippen LogP contribution in [0.25, 0.3) is 17.0 Å². The van der Waals surface area contributed by atoms with Crippen molar-refractivity contribution in [1.82, 2.24) is 4.98 Å². The molecule has 0 bridgehead atoms. The highest BCUT2D eigenvalue weighted by Crippen LogP contribution is 2.24. The molecule has 0 fully saturated rings. The Balaban J connectivity index is 2.03. The minimum atomic E-state index is -4.06. The molecule has 1 heterocycles. The summed E-state index contributed by atoms with van der Waals surface area (Å²) in [7, 11) is -4.06. The highest BCUT2D eigenvalue weighted by atomic mass is 32.2. The van der Waals surface area contributed by atoms with E-state index in [1.165, 1.54) is 6.08 Å². The molecule has 3 rings (SSSR count). The number of fused-ring (bicyclic) bond motifs is 1. The molecule has 0 amide bonds. The van der Waals surface area contributed by atoms with Gasteiger partial charge in [-0.05, 0) is 47.4 Å². The molecule has 2 aromatic carbocycles. The Morgan fingerprint density at radius 1 is 1.16 bits per heavy atom. The van der Waals surface area contributed by atoms with Gasteiger partial charge in [0.2, 0.25) is 9.84 Å². The Bertz CT molecular complexity index is 1140. The monoisotopic (exact) mass is 353 g/mol. The second-order valence-electron chi connectivity index (χ2n) is 5.20. The number of non-ortho nitro benzene ring substituents is 1. The van der Waals surface area contributed by atoms with Crippen LogP contribution < -0.4 is 0 Å². The zero-order valence-electron chi connectivity index (χ0n) is 12.7. The molecule has 0 saturated heterocycles. The van der Waals surface area contributed by atoms with Gasteiger partial charge in [0.15, 0.2) is 0 Å². The average Bonchev–Trinajstić information content (AvgIpc) is 3.07. The lowest BCUT2D eigenvalue weighted by Crippen LogP contribution is -2.03. The highest BCUT2D eigenvalue weighted by Gasteiger charge is 2.21. The van der Waals surface area contributed by atoms with Crippen LogP contribution in [0.2, 0.25) is 0 Å². The van der Waals surface area contributed by atoms with Crippen molar-refractivity contribution in [3.63, 3.8) is 0 Å². The lowest BCUT2D eigenvalue weighted by molar-refractivity contribution is -0.384. The van der Waals surface area contributed by atoms with E-state index in [0.717, 1.165) is 35.2 Å². The van der Waals surface area contributed by atoms with E-state index in [9.17, 15) is 23.8 Å². The fraction of sp³-hybridized carbons (Fsp3) is 0. The highest BCUT2D eigenvalue weighted by molar-refractivity contribution is 7.95. The molecule has 0 unspecified atom stereocenters. The molecule has 1 aromatic heterocycles. The van der Waals surface area contributed by atoms with Gasteiger partial charge in [0.05, 0.1) is 9.82 Å². The van der Waals surface area contributed by atoms with Gasteiger partial charge in [-0.1, -0.05) is 6.07 Å². The SMILES string of the molecule is N#CC(=Cc1ccc2[nH]ccc2c1)S(=O)(=O)c1ccc([N+](=O)[O-])cc1. The lowest BCUT2D eigenvalue weighted by Gasteiger charge is -2.03. The maximum absolute atomic E-state index is 12.6. The maximum atomic E-state index is 12.6. The van der Waals surface area contributed by atoms with Crippen molar-refractivity contribution < 1.29 is 13.3 Å². The summed E-state index contributed by atoms with van der Waals surface area (Å²) in [6, 6.07) is 13.2. The summed E-state index contributed by atoms with van der Waals surface area (Å²) in [6.45, 7) is 0. The molecular formula is C17H11N3O4S. The molecule has 1 N–H and O–H groups in total. The molecule has 0 spiro atoms. The molecule has 0 radical (unpaired) electrons. The van der Waals surface area contributed by atoms with Crippen molar-refractivity contribution in [2.45, 2.75) is 4.90 Å². The van der Waals surface area contributed by atoms with Crippen molar-refractivity contribution in [2.24, 2.45) is 0 Å². The first-order valence-electron chi connectivity index (χ1n) is 7.10. The van der Waals surface area contributed by atoms with Crippen molar-refractivity contribution in [3.8, 4) is 6.07 Å². The van der Waals surface area contributed by atoms with Crippen molar-refractivity contribution in [1.29, 1.82) is 5.26 Å². The third-order valence-corrected chi connectivity index (χ3v) is 5.31. The predicted octanol–water partition coefficient (Wildman–Crippen LogP) is 3.41. The molecule has 25 heavy (non-hydrogen) atoms. The number of benzene rings is 2. The topological polar surface area (TPSA) is 117 Å². The van der Waals surface area contributed by atoms with Crippen LogP contribution in [0.3, 0.4) is 0 Å². The van der Waals surface area contributed by atoms with E-state index < -0.39 is 19.7 Å². The Kier molecular flexibility index (Phi) is 4.09. The van der Waals surface area contributed by atoms with E-state index in [1.54, 1.807) is 30.5 Å². The van der Waals surface area contributed by atoms with Crippen molar-refractivity contribution >= 4 is 32.5 Å². The van der Waals surface area contributed by atoms with E-state index in [0.29, 0.717) is 5.56 Å². The summed E-state index contributed by atoms with van der Waals surface area (Å²) in [5.74, 6) is 0. The molecule has 7 nitrogen and oxygen atoms in total. The van der Waals surface area contributed by atoms with Gasteiger partial charge < -0.3 is 4.98 Å². The number of rotatable bonds is 4. The Hall–Kier alpha value is -3.44. The predicted molar refractivity (Wildman–Crippen MR) is 92.2 cm³/mol. The van der Waals surface area contributed by atoms with Crippen LogP contribution in [0.4, 0.5) is 5.69 Å². The maximum Gasteiger partial charge on any atom is 0.269 e. The number of nitro benzene ring substituents is 1. The van der Waals surface area contributed by atoms with E-state index in [-0.39, 0.29) is 10.6 Å². The Labute approximate surface area is 142 Å². The van der Waals surface area contributed by atoms with Gasteiger partial charge in [0, 0.05) is 23.8 Å². The van der Waals surface area contributed by atoms with Crippen molar-refractivity contribution in [3.05, 3.63) is 75.3 Å². The van der Waals surface area contributed by atoms with Gasteiger partial charge in [-0.3, -0.25) is 10.1 Å². The molecule has 0 aliphatic carbocycles. The number of H-pyrrole nitrogens is 1. The van der Waals surface area contributed by atoms with Crippen LogP contribution in [0, 0.1) is 21.4 Å². The lowest BCUT2D eigenvalue weighted by atomic mass is 10.1. The first-order valence-corrected chi connectivity index (χ1v) is 8.58. The molecular weight excluding hydrogens is 342 g/mol. The number of allylic oxidation sites excluding steroid dienone is 1. The van der Waals surface area contributed by atoms with Gasteiger partial charge >= 0.3 is 0 Å². The number of hydrogen-bond donors (Lipinski definition) is 1. The smallest absolute Gasteiger partial charge is 0.269 e. The molecule has 8 heteroatoms. The van der Waals surface area contributed by atoms with Crippen LogP contribution in [0.1, 0.15) is 5.56 Å². The van der Waals surface area contributed by atoms with Crippen LogP contribution in [-0.2, 0) is 9.84 Å². The fourth-order valence-corrected chi connectivity index (χ4v) is 3.52. The Morgan fingerprint density at radius 3 is 2.52 bits per heavy atom. The van der Waals surface area contributed by atoms with Gasteiger partial charge in [-0.25, -0.2) is 8.42 Å². The van der Waals surface area contributed by atoms with Crippen molar-refractivity contribution in [2.75, 3.05) is 0 Å². The number of nitrogens with one attached hydrogen (secondary N) is 1. The molecule has 3 aromatic rings. The van der Waals surface area contributed by atoms with E-state index in [1.807, 2.05) is 6.07 Å². The third-order valence-electron chi connectivity index (χ3n) is 3.63. The molecule has 0 saturated carbocycles. The number of nitrogens with zero attached hydrogens (tertiary/aromatic N) is 2. The number of nitriles is 1. The number of aromatic nitrogens is 1. The molecule has 124 valence electrons. The molecule has 0 atom stereocenters. The van der Waals surface area contributed by atoms with Crippen LogP contribution >= 0.6 is 0 Å². The second-order valence-corrected chi connectivity index (χ2v) is 7.12. The third kappa shape index (κ3) is 3.13. The summed E-state index contributed by atoms with van der Waals surface area (Å²) in [4.78, 5) is 12.5. The van der Waals surface area contributed by atoms with Gasteiger partial charge in [-0.2, -0.15) is 5.26 Å². The number of nitro groups is 1. The first-order chi connectivity index (χ1) is 11.9. The summed E-state index contributed by atoms with van der Waals surface area (Å²) in [5, 5.41) is 20.8. The zero-order chi connectivity index (χ0) is 18.0. The van der Waals surface area contributed by atoms with Crippen LogP contribution in [0.15, 0.2) is 64.5 Å². The standard InChI is InChI=1S/C17H11N3O4S/c18-11-16(10-12-1-6-17-13(9-12)7-8-19-17)25(23,24)15-4-2-14(3-5-15)20(21)22/h1-10,19H. The Morgan fingerprint density at radius 2 is 1.88 bits per heavy atom. The summed E-state index contributed by atoms with van der Waals surface area (Å²) >= 11 is 0. The minimum absolute atomic E-state index is 0.173. The zero-order valence-corrected chi connectivity index (χ0v) is 13.5. The quantitative estimate of drug-likeness (QED) is 0.438. The van der Waals surface area contributed by atoms with E-state index >= 15 is 0 Å². The summed E-state index contributed by atoms with van der Waals surface area (Å²) in [5.41, 5.74) is 1.24. The number of hydrogen-bond acceptors (Lipinski definition) is 5. The largest absolute Gasteiger partial charge is 0.361 e. The summed E-state index contributed by atoms with van der Waals surface area (Å²) in [6.07, 6.45) is 3.04. The molecule has 0 aliphatic heterocycles. The van der Waals surface area contributed by atoms with Crippen LogP contribution in [0.5, 0.6) is 0 Å². The van der Waals surface area contributed by atoms with Crippen LogP contribution in [-0.4, -0.2) is 18.3 Å². The van der Waals surface area contributed by atoms with Gasteiger partial charge in [0.1, 0.15) is 11.0 Å². The van der Waals surface area contributed by atoms with E-state index in [2.05, 4.69) is 4.98 Å². The minimum Gasteiger partial charge on any atom is -0.361 e. The van der Waals surface area contributed by atoms with Gasteiger partial charge in [0.25, 0.3) is 5.69 Å². The number of aromatic amines is 1. The summed E-state index contributed by atoms with van der Waals surface area (Å²) < 4.78 is 25.2. The normalized spacial score (nSPS) is 12.0. The first kappa shape index (κ1) is 16.4. The molecule has 0 aliphatic rings. The average molecular weight is 353 g/mol. The van der Waals surface area contributed by atoms with Gasteiger partial charge in [-0.15, -0.1) is 0 Å². The second kappa shape index (κ2) is 6.22. The fourth-order valence-electron chi connectivity index (χ4n) is 2.36.